The van der Waals surface area contributed by atoms with Crippen LogP contribution in [0.4, 0.5) is 0 Å². The number of ether oxygens (including phenoxy) is 2. The Morgan fingerprint density at radius 2 is 1.88 bits per heavy atom. The molecule has 1 N–H and O–H groups in total. The van der Waals surface area contributed by atoms with Gasteiger partial charge in [-0.05, 0) is 60.7 Å². The predicted octanol–water partition coefficient (Wildman–Crippen LogP) is 3.26. The summed E-state index contributed by atoms with van der Waals surface area (Å²) in [5, 5.41) is 12.3. The van der Waals surface area contributed by atoms with Crippen LogP contribution in [0.1, 0.15) is 47.2 Å². The van der Waals surface area contributed by atoms with Gasteiger partial charge in [0.1, 0.15) is 13.0 Å². The Morgan fingerprint density at radius 3 is 2.56 bits per heavy atom. The lowest BCUT2D eigenvalue weighted by Gasteiger charge is -2.26. The quantitative estimate of drug-likeness (QED) is 0.507. The molecule has 166 valence electrons. The largest absolute Gasteiger partial charge is 0.493 e. The van der Waals surface area contributed by atoms with Crippen molar-refractivity contribution in [2.75, 3.05) is 20.2 Å². The number of methoxy groups -OCH3 is 1. The molecule has 0 spiro atoms. The summed E-state index contributed by atoms with van der Waals surface area (Å²) in [6.45, 7) is 1.99. The number of nitrogens with zero attached hydrogens (tertiary/aromatic N) is 3. The normalized spacial score (nSPS) is 13.4. The third kappa shape index (κ3) is 6.32. The molecule has 1 fully saturated rings. The Morgan fingerprint density at radius 1 is 1.12 bits per heavy atom. The average Bonchev–Trinajstić information content (AvgIpc) is 2.83. The Labute approximate surface area is 187 Å². The Bertz CT molecular complexity index is 1010. The molecule has 0 bridgehead atoms. The molecule has 8 nitrogen and oxygen atoms in total. The van der Waals surface area contributed by atoms with Crippen LogP contribution in [-0.4, -0.2) is 43.1 Å². The number of hydrogen-bond acceptors (Lipinski definition) is 6. The smallest absolute Gasteiger partial charge is 0.254 e. The molecular formula is C24H26N4O4. The van der Waals surface area contributed by atoms with Crippen molar-refractivity contribution in [3.05, 3.63) is 59.2 Å². The summed E-state index contributed by atoms with van der Waals surface area (Å²) in [6, 6.07) is 14.5. The van der Waals surface area contributed by atoms with Gasteiger partial charge in [-0.2, -0.15) is 10.4 Å². The van der Waals surface area contributed by atoms with Crippen molar-refractivity contribution in [1.82, 2.24) is 10.3 Å². The van der Waals surface area contributed by atoms with Gasteiger partial charge in [0.2, 0.25) is 0 Å². The minimum absolute atomic E-state index is 0.0832. The standard InChI is InChI=1S/C24H26N4O4/c1-31-22-15-19(16-26-27-23(29)11-12-25)7-10-21(22)32-17-18-5-8-20(9-6-18)24(30)28-13-3-2-4-14-28/h5-10,15-16H,2-4,11,13-14,17H2,1H3,(H,27,29)/b26-16-. The number of nitrogens with one attached hydrogen (secondary N) is 1. The molecule has 3 rings (SSSR count). The second-order valence-electron chi connectivity index (χ2n) is 7.38. The van der Waals surface area contributed by atoms with Crippen LogP contribution in [0.2, 0.25) is 0 Å². The van der Waals surface area contributed by atoms with Crippen molar-refractivity contribution in [1.29, 1.82) is 5.26 Å². The van der Waals surface area contributed by atoms with E-state index in [1.165, 1.54) is 12.6 Å². The van der Waals surface area contributed by atoms with Crippen LogP contribution >= 0.6 is 0 Å². The molecule has 8 heteroatoms. The third-order valence-corrected chi connectivity index (χ3v) is 5.07. The molecule has 1 aliphatic rings. The number of likely N-dealkylation sites (tertiary alicyclic amines) is 1. The van der Waals surface area contributed by atoms with E-state index in [4.69, 9.17) is 14.7 Å². The molecule has 32 heavy (non-hydrogen) atoms. The molecule has 2 aromatic rings. The van der Waals surface area contributed by atoms with Crippen molar-refractivity contribution in [2.24, 2.45) is 5.10 Å². The lowest BCUT2D eigenvalue weighted by molar-refractivity contribution is -0.120. The van der Waals surface area contributed by atoms with Gasteiger partial charge in [0.25, 0.3) is 11.8 Å². The number of benzene rings is 2. The Balaban J connectivity index is 1.57. The van der Waals surface area contributed by atoms with Crippen molar-refractivity contribution < 1.29 is 19.1 Å². The maximum atomic E-state index is 12.6. The zero-order valence-corrected chi connectivity index (χ0v) is 18.0. The number of carbonyl (C=O) groups excluding carboxylic acids is 2. The van der Waals surface area contributed by atoms with Crippen molar-refractivity contribution in [2.45, 2.75) is 32.3 Å². The van der Waals surface area contributed by atoms with Gasteiger partial charge in [-0.1, -0.05) is 12.1 Å². The molecule has 1 aliphatic heterocycles. The fourth-order valence-corrected chi connectivity index (χ4v) is 3.36. The van der Waals surface area contributed by atoms with Crippen LogP contribution < -0.4 is 14.9 Å². The lowest BCUT2D eigenvalue weighted by Crippen LogP contribution is -2.35. The van der Waals surface area contributed by atoms with Crippen molar-refractivity contribution in [3.63, 3.8) is 0 Å². The average molecular weight is 434 g/mol. The second kappa shape index (κ2) is 11.5. The topological polar surface area (TPSA) is 104 Å². The van der Waals surface area contributed by atoms with Crippen LogP contribution in [0, 0.1) is 11.3 Å². The van der Waals surface area contributed by atoms with Crippen LogP contribution in [0.3, 0.4) is 0 Å². The first-order chi connectivity index (χ1) is 15.6. The molecule has 0 radical (unpaired) electrons. The van der Waals surface area contributed by atoms with Gasteiger partial charge in [-0.3, -0.25) is 9.59 Å². The molecule has 0 aromatic heterocycles. The molecule has 0 saturated carbocycles. The maximum absolute atomic E-state index is 12.6. The highest BCUT2D eigenvalue weighted by atomic mass is 16.5. The molecule has 0 unspecified atom stereocenters. The Kier molecular flexibility index (Phi) is 8.21. The van der Waals surface area contributed by atoms with Crippen molar-refractivity contribution in [3.8, 4) is 17.6 Å². The number of nitriles is 1. The van der Waals surface area contributed by atoms with Gasteiger partial charge < -0.3 is 14.4 Å². The van der Waals surface area contributed by atoms with Crippen molar-refractivity contribution >= 4 is 18.0 Å². The van der Waals surface area contributed by atoms with Gasteiger partial charge in [0, 0.05) is 18.7 Å². The summed E-state index contributed by atoms with van der Waals surface area (Å²) in [5.74, 6) is 0.694. The summed E-state index contributed by atoms with van der Waals surface area (Å²) in [6.07, 6.45) is 4.54. The minimum Gasteiger partial charge on any atom is -0.493 e. The molecular weight excluding hydrogens is 408 g/mol. The van der Waals surface area contributed by atoms with E-state index in [-0.39, 0.29) is 12.3 Å². The lowest BCUT2D eigenvalue weighted by atomic mass is 10.1. The third-order valence-electron chi connectivity index (χ3n) is 5.07. The highest BCUT2D eigenvalue weighted by Gasteiger charge is 2.18. The van der Waals surface area contributed by atoms with E-state index >= 15 is 0 Å². The number of rotatable bonds is 8. The van der Waals surface area contributed by atoms with E-state index in [1.807, 2.05) is 29.2 Å². The summed E-state index contributed by atoms with van der Waals surface area (Å²) in [5.41, 5.74) is 4.61. The van der Waals surface area contributed by atoms with Gasteiger partial charge in [-0.15, -0.1) is 0 Å². The zero-order chi connectivity index (χ0) is 22.8. The number of piperidine rings is 1. The summed E-state index contributed by atoms with van der Waals surface area (Å²) in [7, 11) is 1.54. The maximum Gasteiger partial charge on any atom is 0.254 e. The van der Waals surface area contributed by atoms with E-state index in [0.29, 0.717) is 29.2 Å². The van der Waals surface area contributed by atoms with E-state index in [0.717, 1.165) is 31.5 Å². The van der Waals surface area contributed by atoms with E-state index < -0.39 is 5.91 Å². The molecule has 1 saturated heterocycles. The molecule has 2 aromatic carbocycles. The molecule has 1 heterocycles. The van der Waals surface area contributed by atoms with Gasteiger partial charge in [0.15, 0.2) is 11.5 Å². The summed E-state index contributed by atoms with van der Waals surface area (Å²) >= 11 is 0. The number of amides is 2. The number of hydrazone groups is 1. The van der Waals surface area contributed by atoms with E-state index in [2.05, 4.69) is 10.5 Å². The number of carbonyl (C=O) groups is 2. The summed E-state index contributed by atoms with van der Waals surface area (Å²) < 4.78 is 11.3. The van der Waals surface area contributed by atoms with Crippen LogP contribution in [0.15, 0.2) is 47.6 Å². The fraction of sp³-hybridized carbons (Fsp3) is 0.333. The Hall–Kier alpha value is -3.86. The van der Waals surface area contributed by atoms with E-state index in [1.54, 1.807) is 31.4 Å². The van der Waals surface area contributed by atoms with Gasteiger partial charge in [-0.25, -0.2) is 5.43 Å². The van der Waals surface area contributed by atoms with Crippen LogP contribution in [0.5, 0.6) is 11.5 Å². The first-order valence-electron chi connectivity index (χ1n) is 10.5. The van der Waals surface area contributed by atoms with Crippen LogP contribution in [0.25, 0.3) is 0 Å². The SMILES string of the molecule is COc1cc(/C=N\NC(=O)CC#N)ccc1OCc1ccc(C(=O)N2CCCCC2)cc1. The summed E-state index contributed by atoms with van der Waals surface area (Å²) in [4.78, 5) is 25.8. The molecule has 0 atom stereocenters. The first kappa shape index (κ1) is 22.8. The molecule has 0 aliphatic carbocycles. The monoisotopic (exact) mass is 434 g/mol. The van der Waals surface area contributed by atoms with E-state index in [9.17, 15) is 9.59 Å². The van der Waals surface area contributed by atoms with Crippen LogP contribution in [-0.2, 0) is 11.4 Å². The highest BCUT2D eigenvalue weighted by molar-refractivity contribution is 5.94. The van der Waals surface area contributed by atoms with Gasteiger partial charge in [0.05, 0.1) is 19.4 Å². The fourth-order valence-electron chi connectivity index (χ4n) is 3.36. The highest BCUT2D eigenvalue weighted by Crippen LogP contribution is 2.28. The number of hydrogen-bond donors (Lipinski definition) is 1. The van der Waals surface area contributed by atoms with Gasteiger partial charge >= 0.3 is 0 Å². The first-order valence-corrected chi connectivity index (χ1v) is 10.5. The second-order valence-corrected chi connectivity index (χ2v) is 7.38. The zero-order valence-electron chi connectivity index (χ0n) is 18.0. The minimum atomic E-state index is -0.473. The predicted molar refractivity (Wildman–Crippen MR) is 119 cm³/mol. The molecule has 2 amide bonds.